The van der Waals surface area contributed by atoms with Crippen molar-refractivity contribution in [1.82, 2.24) is 9.78 Å². The van der Waals surface area contributed by atoms with Crippen molar-refractivity contribution in [2.24, 2.45) is 5.73 Å². The fourth-order valence-corrected chi connectivity index (χ4v) is 2.37. The highest BCUT2D eigenvalue weighted by molar-refractivity contribution is 5.85. The van der Waals surface area contributed by atoms with Gasteiger partial charge in [0.05, 0.1) is 18.3 Å². The van der Waals surface area contributed by atoms with E-state index in [9.17, 15) is 13.2 Å². The van der Waals surface area contributed by atoms with Gasteiger partial charge in [-0.2, -0.15) is 18.3 Å². The number of aromatic nitrogens is 2. The highest BCUT2D eigenvalue weighted by Crippen LogP contribution is 2.33. The zero-order valence-corrected chi connectivity index (χ0v) is 11.7. The van der Waals surface area contributed by atoms with E-state index < -0.39 is 11.7 Å². The molecule has 1 aromatic carbocycles. The standard InChI is InChI=1S/C13H13F3N4.ClH/c14-13(15,16)9-1-3-11(4-2-9)19-7-10(17)8-20-12(19)5-6-18-20;/h1-6,10H,7-8,17H2;1H. The van der Waals surface area contributed by atoms with Crippen LogP contribution in [0.5, 0.6) is 0 Å². The number of halogens is 4. The average molecular weight is 319 g/mol. The van der Waals surface area contributed by atoms with Crippen LogP contribution in [0.25, 0.3) is 0 Å². The van der Waals surface area contributed by atoms with E-state index in [-0.39, 0.29) is 18.4 Å². The third-order valence-electron chi connectivity index (χ3n) is 3.30. The monoisotopic (exact) mass is 318 g/mol. The third-order valence-corrected chi connectivity index (χ3v) is 3.30. The molecule has 4 nitrogen and oxygen atoms in total. The molecule has 1 aliphatic heterocycles. The van der Waals surface area contributed by atoms with Gasteiger partial charge in [0.2, 0.25) is 0 Å². The number of hydrogen-bond acceptors (Lipinski definition) is 3. The second kappa shape index (κ2) is 5.57. The minimum absolute atomic E-state index is 0. The Bertz CT molecular complexity index is 609. The lowest BCUT2D eigenvalue weighted by molar-refractivity contribution is -0.137. The van der Waals surface area contributed by atoms with Crippen molar-refractivity contribution < 1.29 is 13.2 Å². The van der Waals surface area contributed by atoms with Gasteiger partial charge in [0.1, 0.15) is 5.82 Å². The zero-order valence-electron chi connectivity index (χ0n) is 10.9. The van der Waals surface area contributed by atoms with E-state index in [2.05, 4.69) is 5.10 Å². The van der Waals surface area contributed by atoms with Gasteiger partial charge >= 0.3 is 6.18 Å². The Kier molecular flexibility index (Phi) is 4.15. The van der Waals surface area contributed by atoms with Crippen molar-refractivity contribution in [2.45, 2.75) is 18.8 Å². The van der Waals surface area contributed by atoms with E-state index in [0.29, 0.717) is 18.8 Å². The van der Waals surface area contributed by atoms with Crippen LogP contribution in [0.1, 0.15) is 5.56 Å². The number of rotatable bonds is 1. The summed E-state index contributed by atoms with van der Waals surface area (Å²) < 4.78 is 39.5. The van der Waals surface area contributed by atoms with Crippen molar-refractivity contribution in [3.63, 3.8) is 0 Å². The smallest absolute Gasteiger partial charge is 0.325 e. The van der Waals surface area contributed by atoms with Crippen LogP contribution in [0.2, 0.25) is 0 Å². The molecule has 1 aromatic heterocycles. The first kappa shape index (κ1) is 15.7. The summed E-state index contributed by atoms with van der Waals surface area (Å²) in [6.45, 7) is 1.16. The largest absolute Gasteiger partial charge is 0.416 e. The SMILES string of the molecule is Cl.NC1CN(c2ccc(C(F)(F)F)cc2)c2ccnn2C1. The van der Waals surface area contributed by atoms with Crippen LogP contribution in [0, 0.1) is 0 Å². The predicted molar refractivity (Wildman–Crippen MR) is 75.9 cm³/mol. The molecule has 0 spiro atoms. The Morgan fingerprint density at radius 3 is 2.38 bits per heavy atom. The molecular weight excluding hydrogens is 305 g/mol. The summed E-state index contributed by atoms with van der Waals surface area (Å²) in [5.41, 5.74) is 5.97. The van der Waals surface area contributed by atoms with Gasteiger partial charge in [-0.25, -0.2) is 4.68 Å². The van der Waals surface area contributed by atoms with Crippen LogP contribution in [0.3, 0.4) is 0 Å². The lowest BCUT2D eigenvalue weighted by Gasteiger charge is -2.33. The second-order valence-electron chi connectivity index (χ2n) is 4.79. The summed E-state index contributed by atoms with van der Waals surface area (Å²) in [7, 11) is 0. The van der Waals surface area contributed by atoms with Gasteiger partial charge in [0.15, 0.2) is 0 Å². The summed E-state index contributed by atoms with van der Waals surface area (Å²) in [5, 5.41) is 4.15. The first-order valence-electron chi connectivity index (χ1n) is 6.17. The number of nitrogens with two attached hydrogens (primary N) is 1. The molecular formula is C13H14ClF3N4. The van der Waals surface area contributed by atoms with Crippen LogP contribution in [-0.2, 0) is 12.7 Å². The molecule has 0 saturated carbocycles. The Labute approximate surface area is 125 Å². The molecule has 2 aromatic rings. The number of hydrogen-bond donors (Lipinski definition) is 1. The van der Waals surface area contributed by atoms with E-state index in [1.807, 2.05) is 11.0 Å². The average Bonchev–Trinajstić information content (AvgIpc) is 2.85. The summed E-state index contributed by atoms with van der Waals surface area (Å²) in [4.78, 5) is 1.88. The fraction of sp³-hybridized carbons (Fsp3) is 0.308. The molecule has 0 aliphatic carbocycles. The molecule has 8 heteroatoms. The summed E-state index contributed by atoms with van der Waals surface area (Å²) in [6, 6.07) is 6.79. The van der Waals surface area contributed by atoms with Gasteiger partial charge in [-0.3, -0.25) is 0 Å². The minimum Gasteiger partial charge on any atom is -0.325 e. The van der Waals surface area contributed by atoms with Gasteiger partial charge in [-0.1, -0.05) is 0 Å². The quantitative estimate of drug-likeness (QED) is 0.879. The maximum atomic E-state index is 12.6. The Balaban J connectivity index is 0.00000161. The normalized spacial score (nSPS) is 18.1. The lowest BCUT2D eigenvalue weighted by atomic mass is 10.1. The second-order valence-corrected chi connectivity index (χ2v) is 4.79. The summed E-state index contributed by atoms with van der Waals surface area (Å²) in [5.74, 6) is 0.839. The number of fused-ring (bicyclic) bond motifs is 1. The highest BCUT2D eigenvalue weighted by Gasteiger charge is 2.30. The molecule has 0 bridgehead atoms. The Morgan fingerprint density at radius 1 is 1.10 bits per heavy atom. The van der Waals surface area contributed by atoms with Crippen LogP contribution >= 0.6 is 12.4 Å². The number of nitrogens with zero attached hydrogens (tertiary/aromatic N) is 3. The number of anilines is 2. The molecule has 0 radical (unpaired) electrons. The maximum Gasteiger partial charge on any atom is 0.416 e. The minimum atomic E-state index is -4.32. The third kappa shape index (κ3) is 2.98. The first-order chi connectivity index (χ1) is 9.45. The van der Waals surface area contributed by atoms with Crippen molar-refractivity contribution in [3.05, 3.63) is 42.1 Å². The number of alkyl halides is 3. The zero-order chi connectivity index (χ0) is 14.3. The molecule has 114 valence electrons. The topological polar surface area (TPSA) is 47.1 Å². The summed E-state index contributed by atoms with van der Waals surface area (Å²) in [6.07, 6.45) is -2.66. The Morgan fingerprint density at radius 2 is 1.76 bits per heavy atom. The molecule has 0 fully saturated rings. The molecule has 1 aliphatic rings. The van der Waals surface area contributed by atoms with Crippen LogP contribution in [-0.4, -0.2) is 22.4 Å². The van der Waals surface area contributed by atoms with Crippen molar-refractivity contribution in [1.29, 1.82) is 0 Å². The highest BCUT2D eigenvalue weighted by atomic mass is 35.5. The van der Waals surface area contributed by atoms with Gasteiger partial charge in [-0.05, 0) is 24.3 Å². The van der Waals surface area contributed by atoms with E-state index >= 15 is 0 Å². The van der Waals surface area contributed by atoms with E-state index in [1.54, 1.807) is 10.9 Å². The van der Waals surface area contributed by atoms with E-state index in [1.165, 1.54) is 12.1 Å². The van der Waals surface area contributed by atoms with Gasteiger partial charge in [0, 0.05) is 24.3 Å². The van der Waals surface area contributed by atoms with Gasteiger partial charge in [-0.15, -0.1) is 12.4 Å². The molecule has 21 heavy (non-hydrogen) atoms. The summed E-state index contributed by atoms with van der Waals surface area (Å²) >= 11 is 0. The molecule has 1 unspecified atom stereocenters. The molecule has 2 heterocycles. The van der Waals surface area contributed by atoms with Crippen molar-refractivity contribution in [2.75, 3.05) is 11.4 Å². The lowest BCUT2D eigenvalue weighted by Crippen LogP contribution is -2.43. The first-order valence-corrected chi connectivity index (χ1v) is 6.17. The maximum absolute atomic E-state index is 12.6. The van der Waals surface area contributed by atoms with Crippen LogP contribution in [0.4, 0.5) is 24.7 Å². The van der Waals surface area contributed by atoms with Crippen LogP contribution in [0.15, 0.2) is 36.5 Å². The fourth-order valence-electron chi connectivity index (χ4n) is 2.37. The van der Waals surface area contributed by atoms with Crippen molar-refractivity contribution >= 4 is 23.9 Å². The van der Waals surface area contributed by atoms with Gasteiger partial charge < -0.3 is 10.6 Å². The van der Waals surface area contributed by atoms with Gasteiger partial charge in [0.25, 0.3) is 0 Å². The molecule has 3 rings (SSSR count). The van der Waals surface area contributed by atoms with Crippen molar-refractivity contribution in [3.8, 4) is 0 Å². The Hall–Kier alpha value is -1.73. The number of benzene rings is 1. The van der Waals surface area contributed by atoms with E-state index in [4.69, 9.17) is 5.73 Å². The predicted octanol–water partition coefficient (Wildman–Crippen LogP) is 2.80. The molecule has 1 atom stereocenters. The molecule has 2 N–H and O–H groups in total. The molecule has 0 amide bonds. The van der Waals surface area contributed by atoms with E-state index in [0.717, 1.165) is 18.0 Å². The van der Waals surface area contributed by atoms with Crippen LogP contribution < -0.4 is 10.6 Å². The molecule has 0 saturated heterocycles.